The van der Waals surface area contributed by atoms with E-state index in [4.69, 9.17) is 14.2 Å². The molecule has 0 bridgehead atoms. The van der Waals surface area contributed by atoms with Crippen molar-refractivity contribution in [1.29, 1.82) is 0 Å². The van der Waals surface area contributed by atoms with Crippen LogP contribution in [0.2, 0.25) is 0 Å². The summed E-state index contributed by atoms with van der Waals surface area (Å²) >= 11 is 0. The second-order valence-electron chi connectivity index (χ2n) is 4.32. The topological polar surface area (TPSA) is 73.9 Å². The Morgan fingerprint density at radius 2 is 1.55 bits per heavy atom. The highest BCUT2D eigenvalue weighted by Gasteiger charge is 2.18. The quantitative estimate of drug-likeness (QED) is 0.884. The van der Waals surface area contributed by atoms with E-state index in [-0.39, 0.29) is 4.90 Å². The first-order valence-corrected chi connectivity index (χ1v) is 7.88. The molecule has 0 saturated heterocycles. The van der Waals surface area contributed by atoms with Gasteiger partial charge in [-0.1, -0.05) is 6.07 Å². The van der Waals surface area contributed by atoms with Gasteiger partial charge in [-0.15, -0.1) is 0 Å². The first-order chi connectivity index (χ1) is 10.5. The molecule has 0 saturated carbocycles. The number of nitrogens with one attached hydrogen (secondary N) is 1. The molecule has 2 aromatic carbocycles. The maximum absolute atomic E-state index is 12.4. The Kier molecular flexibility index (Phi) is 4.77. The van der Waals surface area contributed by atoms with Crippen LogP contribution in [0.3, 0.4) is 0 Å². The number of hydrogen-bond donors (Lipinski definition) is 1. The van der Waals surface area contributed by atoms with Gasteiger partial charge in [0.15, 0.2) is 11.5 Å². The predicted octanol–water partition coefficient (Wildman–Crippen LogP) is 2.51. The predicted molar refractivity (Wildman–Crippen MR) is 83.3 cm³/mol. The molecule has 2 rings (SSSR count). The number of ether oxygens (including phenoxy) is 3. The molecule has 0 aliphatic rings. The Labute approximate surface area is 129 Å². The van der Waals surface area contributed by atoms with Crippen molar-refractivity contribution in [2.45, 2.75) is 4.90 Å². The standard InChI is InChI=1S/C15H17NO5S/c1-19-11-7-9-12(10-8-11)22(17,18)16-13-5-4-6-14(20-2)15(13)21-3/h4-10,16H,1-3H3. The van der Waals surface area contributed by atoms with Crippen LogP contribution in [0.4, 0.5) is 5.69 Å². The molecule has 0 heterocycles. The molecule has 0 unspecified atom stereocenters. The number of rotatable bonds is 6. The molecule has 0 fully saturated rings. The second kappa shape index (κ2) is 6.57. The maximum atomic E-state index is 12.4. The van der Waals surface area contributed by atoms with Crippen LogP contribution in [0.25, 0.3) is 0 Å². The molecule has 0 aliphatic carbocycles. The first kappa shape index (κ1) is 16.0. The van der Waals surface area contributed by atoms with Crippen LogP contribution in [0.5, 0.6) is 17.2 Å². The summed E-state index contributed by atoms with van der Waals surface area (Å²) in [6.07, 6.45) is 0. The molecule has 118 valence electrons. The first-order valence-electron chi connectivity index (χ1n) is 6.39. The van der Waals surface area contributed by atoms with Gasteiger partial charge in [-0.05, 0) is 36.4 Å². The van der Waals surface area contributed by atoms with Crippen LogP contribution in [-0.4, -0.2) is 29.7 Å². The van der Waals surface area contributed by atoms with Gasteiger partial charge in [0.1, 0.15) is 5.75 Å². The van der Waals surface area contributed by atoms with Crippen LogP contribution < -0.4 is 18.9 Å². The van der Waals surface area contributed by atoms with E-state index >= 15 is 0 Å². The summed E-state index contributed by atoms with van der Waals surface area (Å²) in [5.74, 6) is 1.34. The lowest BCUT2D eigenvalue weighted by molar-refractivity contribution is 0.356. The van der Waals surface area contributed by atoms with E-state index in [1.54, 1.807) is 30.3 Å². The lowest BCUT2D eigenvalue weighted by Gasteiger charge is -2.14. The highest BCUT2D eigenvalue weighted by molar-refractivity contribution is 7.92. The van der Waals surface area contributed by atoms with E-state index in [1.807, 2.05) is 0 Å². The van der Waals surface area contributed by atoms with Crippen LogP contribution in [0.15, 0.2) is 47.4 Å². The van der Waals surface area contributed by atoms with Gasteiger partial charge in [0, 0.05) is 0 Å². The Bertz CT molecular complexity index is 741. The van der Waals surface area contributed by atoms with Crippen LogP contribution >= 0.6 is 0 Å². The monoisotopic (exact) mass is 323 g/mol. The minimum atomic E-state index is -3.74. The Morgan fingerprint density at radius 1 is 0.864 bits per heavy atom. The maximum Gasteiger partial charge on any atom is 0.262 e. The summed E-state index contributed by atoms with van der Waals surface area (Å²) < 4.78 is 42.7. The molecule has 22 heavy (non-hydrogen) atoms. The average Bonchev–Trinajstić information content (AvgIpc) is 2.54. The molecule has 0 spiro atoms. The third-order valence-corrected chi connectivity index (χ3v) is 4.40. The summed E-state index contributed by atoms with van der Waals surface area (Å²) in [5, 5.41) is 0. The van der Waals surface area contributed by atoms with Crippen LogP contribution in [0.1, 0.15) is 0 Å². The molecule has 1 N–H and O–H groups in total. The molecule has 0 amide bonds. The van der Waals surface area contributed by atoms with Crippen LogP contribution in [-0.2, 0) is 10.0 Å². The minimum absolute atomic E-state index is 0.123. The Balaban J connectivity index is 2.36. The zero-order chi connectivity index (χ0) is 16.2. The molecule has 0 atom stereocenters. The zero-order valence-corrected chi connectivity index (χ0v) is 13.3. The third-order valence-electron chi connectivity index (χ3n) is 3.02. The van der Waals surface area contributed by atoms with Gasteiger partial charge < -0.3 is 14.2 Å². The lowest BCUT2D eigenvalue weighted by Crippen LogP contribution is -2.13. The van der Waals surface area contributed by atoms with Crippen molar-refractivity contribution in [2.75, 3.05) is 26.1 Å². The van der Waals surface area contributed by atoms with Crippen molar-refractivity contribution in [3.63, 3.8) is 0 Å². The highest BCUT2D eigenvalue weighted by Crippen LogP contribution is 2.35. The van der Waals surface area contributed by atoms with Crippen molar-refractivity contribution in [1.82, 2.24) is 0 Å². The van der Waals surface area contributed by atoms with Gasteiger partial charge in [-0.25, -0.2) is 8.42 Å². The van der Waals surface area contributed by atoms with Crippen molar-refractivity contribution in [3.05, 3.63) is 42.5 Å². The van der Waals surface area contributed by atoms with Gasteiger partial charge in [0.25, 0.3) is 10.0 Å². The summed E-state index contributed by atoms with van der Waals surface area (Å²) in [7, 11) is 0.713. The number of para-hydroxylation sites is 1. The minimum Gasteiger partial charge on any atom is -0.497 e. The summed E-state index contributed by atoms with van der Waals surface area (Å²) in [6.45, 7) is 0. The zero-order valence-electron chi connectivity index (χ0n) is 12.5. The Hall–Kier alpha value is -2.41. The number of anilines is 1. The molecule has 6 nitrogen and oxygen atoms in total. The molecule has 0 radical (unpaired) electrons. The molecular formula is C15H17NO5S. The van der Waals surface area contributed by atoms with Gasteiger partial charge >= 0.3 is 0 Å². The van der Waals surface area contributed by atoms with Crippen molar-refractivity contribution in [2.24, 2.45) is 0 Å². The number of sulfonamides is 1. The number of benzene rings is 2. The fourth-order valence-electron chi connectivity index (χ4n) is 1.93. The molecule has 7 heteroatoms. The number of hydrogen-bond acceptors (Lipinski definition) is 5. The molecule has 0 aliphatic heterocycles. The SMILES string of the molecule is COc1ccc(S(=O)(=O)Nc2cccc(OC)c2OC)cc1. The van der Waals surface area contributed by atoms with Gasteiger partial charge in [-0.3, -0.25) is 4.72 Å². The van der Waals surface area contributed by atoms with Gasteiger partial charge in [0.2, 0.25) is 0 Å². The second-order valence-corrected chi connectivity index (χ2v) is 6.00. The molecular weight excluding hydrogens is 306 g/mol. The van der Waals surface area contributed by atoms with Crippen LogP contribution in [0, 0.1) is 0 Å². The summed E-state index contributed by atoms with van der Waals surface area (Å²) in [4.78, 5) is 0.123. The average molecular weight is 323 g/mol. The van der Waals surface area contributed by atoms with E-state index in [2.05, 4.69) is 4.72 Å². The lowest BCUT2D eigenvalue weighted by atomic mass is 10.3. The largest absolute Gasteiger partial charge is 0.497 e. The van der Waals surface area contributed by atoms with E-state index < -0.39 is 10.0 Å². The smallest absolute Gasteiger partial charge is 0.262 e. The van der Waals surface area contributed by atoms with E-state index in [9.17, 15) is 8.42 Å². The van der Waals surface area contributed by atoms with Crippen molar-refractivity contribution >= 4 is 15.7 Å². The van der Waals surface area contributed by atoms with Crippen molar-refractivity contribution < 1.29 is 22.6 Å². The summed E-state index contributed by atoms with van der Waals surface area (Å²) in [5.41, 5.74) is 0.303. The van der Waals surface area contributed by atoms with E-state index in [0.717, 1.165) is 0 Å². The van der Waals surface area contributed by atoms with Gasteiger partial charge in [0.05, 0.1) is 31.9 Å². The molecule has 2 aromatic rings. The fourth-order valence-corrected chi connectivity index (χ4v) is 2.99. The highest BCUT2D eigenvalue weighted by atomic mass is 32.2. The third kappa shape index (κ3) is 3.25. The van der Waals surface area contributed by atoms with E-state index in [1.165, 1.54) is 33.5 Å². The van der Waals surface area contributed by atoms with E-state index in [0.29, 0.717) is 22.9 Å². The van der Waals surface area contributed by atoms with Crippen molar-refractivity contribution in [3.8, 4) is 17.2 Å². The fraction of sp³-hybridized carbons (Fsp3) is 0.200. The number of methoxy groups -OCH3 is 3. The van der Waals surface area contributed by atoms with Gasteiger partial charge in [-0.2, -0.15) is 0 Å². The molecule has 0 aromatic heterocycles. The summed E-state index contributed by atoms with van der Waals surface area (Å²) in [6, 6.07) is 11.1. The Morgan fingerprint density at radius 3 is 2.09 bits per heavy atom. The normalized spacial score (nSPS) is 10.9.